The number of carboxylic acids is 5. The number of likely N-dealkylation sites (tertiary alicyclic amines) is 1. The summed E-state index contributed by atoms with van der Waals surface area (Å²) in [6, 6.07) is -26.1. The Morgan fingerprint density at radius 3 is 1.18 bits per heavy atom. The molecule has 53 nitrogen and oxygen atoms in total. The van der Waals surface area contributed by atoms with Crippen molar-refractivity contribution in [2.24, 2.45) is 40.7 Å². The topological polar surface area (TPSA) is 855 Å². The maximum atomic E-state index is 14.8. The van der Waals surface area contributed by atoms with Gasteiger partial charge in [-0.25, -0.2) is 4.79 Å². The van der Waals surface area contributed by atoms with E-state index in [1.807, 2.05) is 0 Å². The summed E-state index contributed by atoms with van der Waals surface area (Å²) in [7, 11) is 0. The van der Waals surface area contributed by atoms with Gasteiger partial charge in [0.15, 0.2) is 0 Å². The van der Waals surface area contributed by atoms with Crippen molar-refractivity contribution in [2.75, 3.05) is 45.8 Å². The lowest BCUT2D eigenvalue weighted by Crippen LogP contribution is -2.61. The number of hydrogen-bond donors (Lipinski definition) is 28. The number of aliphatic hydroxyl groups excluding tert-OH is 1. The molecule has 2 saturated heterocycles. The highest BCUT2D eigenvalue weighted by Crippen LogP contribution is 2.23. The minimum Gasteiger partial charge on any atom is -0.481 e. The molecule has 0 aromatic rings. The summed E-state index contributed by atoms with van der Waals surface area (Å²) in [5, 5.41) is 102. The molecule has 784 valence electrons. The van der Waals surface area contributed by atoms with Gasteiger partial charge in [0.05, 0.1) is 38.1 Å². The second-order valence-corrected chi connectivity index (χ2v) is 35.3. The third kappa shape index (κ3) is 46.4. The minimum atomic E-state index is -2.05. The van der Waals surface area contributed by atoms with E-state index in [1.165, 1.54) is 6.92 Å². The summed E-state index contributed by atoms with van der Waals surface area (Å²) >= 11 is 0. The van der Waals surface area contributed by atoms with Crippen molar-refractivity contribution in [3.8, 4) is 0 Å². The summed E-state index contributed by atoms with van der Waals surface area (Å²) in [5.41, 5.74) is 22.4. The van der Waals surface area contributed by atoms with E-state index in [4.69, 9.17) is 22.9 Å². The quantitative estimate of drug-likeness (QED) is 0.0252. The van der Waals surface area contributed by atoms with E-state index in [0.29, 0.717) is 38.6 Å². The van der Waals surface area contributed by atoms with Gasteiger partial charge in [0.1, 0.15) is 96.7 Å². The monoisotopic (exact) mass is 1980 g/mol. The third-order valence-corrected chi connectivity index (χ3v) is 22.5. The highest BCUT2D eigenvalue weighted by Gasteiger charge is 2.44. The standard InChI is InChI=1S/C86H145N23O30/c1-11-44(6)68(107-63(113)41-92-62(112)40-93-70(122)45(7)96-84(136)69(48(10)110)108-78(130)51(21-13-16-32-88)99-76(128)53(26-29-65(116)117)101-75(127)52(25-28-64(114)115)98-72(124)46(8)94-73(125)49-23-18-34-91-49)83(135)105-56(36-42(2)3)80(132)106-59(37-43(4)5)85(137)109-35-19-24-60(109)82(134)104-58(39-67(120)121)81(133)103-57(38-61(90)111)79(131)95-47(9)71(123)97-50(20-12-15-31-87)74(126)100-54(27-30-66(118)119)77(129)102-55(86(138)139)22-14-17-33-89/h42-60,68-69,91,110H,11-41,87-89H2,1-10H3,(H2,90,111)(H,92,112)(H,93,122)(H,94,125)(H,95,131)(H,96,136)(H,97,123)(H,98,124)(H,99,128)(H,100,126)(H,101,127)(H,102,129)(H,103,133)(H,104,134)(H,105,135)(H,106,132)(H,107,113)(H,108,130)(H,114,115)(H,116,117)(H,118,119)(H,120,121)(H,138,139)/t44-,45-,46-,47-,48+,49-,50-,51-,52-,53-,54-,55-,56-,57-,58-,59-,60-,68-,69-/m0/s1. The van der Waals surface area contributed by atoms with E-state index in [0.717, 1.165) is 25.7 Å². The third-order valence-electron chi connectivity index (χ3n) is 22.5. The molecule has 0 unspecified atom stereocenters. The van der Waals surface area contributed by atoms with E-state index in [-0.39, 0.29) is 109 Å². The average molecular weight is 1980 g/mol. The lowest BCUT2D eigenvalue weighted by molar-refractivity contribution is -0.144. The molecule has 19 atom stereocenters. The zero-order chi connectivity index (χ0) is 105. The highest BCUT2D eigenvalue weighted by molar-refractivity contribution is 6.03. The number of carbonyl (C=O) groups excluding carboxylic acids is 19. The molecule has 0 aromatic heterocycles. The van der Waals surface area contributed by atoms with Crippen LogP contribution in [-0.2, 0) is 115 Å². The number of nitrogens with one attached hydrogen (secondary N) is 18. The van der Waals surface area contributed by atoms with Crippen molar-refractivity contribution < 1.29 is 146 Å². The number of carboxylic acid groups (broad SMARTS) is 5. The van der Waals surface area contributed by atoms with Gasteiger partial charge in [-0.3, -0.25) is 110 Å². The molecule has 2 aliphatic heterocycles. The van der Waals surface area contributed by atoms with Crippen molar-refractivity contribution >= 4 is 142 Å². The molecule has 2 fully saturated rings. The second-order valence-electron chi connectivity index (χ2n) is 35.3. The number of aliphatic carboxylic acids is 5. The maximum absolute atomic E-state index is 14.8. The zero-order valence-corrected chi connectivity index (χ0v) is 80.3. The Morgan fingerprint density at radius 2 is 0.741 bits per heavy atom. The first-order valence-corrected chi connectivity index (χ1v) is 46.6. The van der Waals surface area contributed by atoms with Crippen molar-refractivity contribution in [3.63, 3.8) is 0 Å². The van der Waals surface area contributed by atoms with Crippen LogP contribution in [0.1, 0.15) is 223 Å². The van der Waals surface area contributed by atoms with Crippen LogP contribution in [0.15, 0.2) is 0 Å². The van der Waals surface area contributed by atoms with Crippen LogP contribution in [0.4, 0.5) is 0 Å². The van der Waals surface area contributed by atoms with Crippen molar-refractivity contribution in [3.05, 3.63) is 0 Å². The Balaban J connectivity index is 2.27. The van der Waals surface area contributed by atoms with E-state index >= 15 is 0 Å². The summed E-state index contributed by atoms with van der Waals surface area (Å²) in [6.07, 6.45) is -5.01. The van der Waals surface area contributed by atoms with Gasteiger partial charge in [0.25, 0.3) is 0 Å². The number of rotatable bonds is 68. The number of aliphatic hydroxyl groups is 1. The summed E-state index contributed by atoms with van der Waals surface area (Å²) in [6.45, 7) is 14.1. The smallest absolute Gasteiger partial charge is 0.326 e. The lowest BCUT2D eigenvalue weighted by Gasteiger charge is -2.32. The lowest BCUT2D eigenvalue weighted by atomic mass is 9.96. The van der Waals surface area contributed by atoms with Gasteiger partial charge < -0.3 is 154 Å². The van der Waals surface area contributed by atoms with Gasteiger partial charge >= 0.3 is 29.8 Å². The predicted molar refractivity (Wildman–Crippen MR) is 491 cm³/mol. The molecule has 2 aliphatic rings. The molecule has 0 bridgehead atoms. The molecule has 0 radical (unpaired) electrons. The molecular weight excluding hydrogens is 1840 g/mol. The van der Waals surface area contributed by atoms with Crippen molar-refractivity contribution in [1.82, 2.24) is 101 Å². The molecule has 2 rings (SSSR count). The highest BCUT2D eigenvalue weighted by atomic mass is 16.4. The number of amides is 19. The SMILES string of the molecule is CC[C@H](C)[C@H](NC(=O)CNC(=O)CNC(=O)[C@H](C)NC(=O)[C@@H](NC(=O)[C@H](CCCCN)NC(=O)[C@H](CCC(=O)O)NC(=O)[C@H](CCC(=O)O)NC(=O)[C@H](C)NC(=O)[C@@H]1CCCN1)[C@@H](C)O)C(=O)N[C@@H](CC(C)C)C(=O)N[C@@H](CC(C)C)C(=O)N1CCC[C@H]1C(=O)N[C@@H](CC(=O)O)C(=O)N[C@@H](CC(N)=O)C(=O)N[C@@H](C)C(=O)N[C@@H](CCCCN)C(=O)N[C@@H](CCC(=O)O)C(=O)N[C@@H](CCCCN)C(=O)O. The molecule has 0 spiro atoms. The Hall–Kier alpha value is -12.9. The number of primary amides is 1. The van der Waals surface area contributed by atoms with Gasteiger partial charge in [-0.1, -0.05) is 48.0 Å². The predicted octanol–water partition coefficient (Wildman–Crippen LogP) is -8.77. The molecule has 2 heterocycles. The first-order valence-electron chi connectivity index (χ1n) is 46.6. The van der Waals surface area contributed by atoms with Gasteiger partial charge in [-0.2, -0.15) is 0 Å². The first-order chi connectivity index (χ1) is 65.3. The Bertz CT molecular complexity index is 4230. The molecule has 53 heteroatoms. The molecule has 139 heavy (non-hydrogen) atoms. The van der Waals surface area contributed by atoms with Crippen LogP contribution in [0.2, 0.25) is 0 Å². The zero-order valence-electron chi connectivity index (χ0n) is 80.3. The van der Waals surface area contributed by atoms with Crippen LogP contribution in [0.5, 0.6) is 0 Å². The molecule has 0 aromatic carbocycles. The molecular formula is C86H145N23O30. The van der Waals surface area contributed by atoms with Crippen LogP contribution in [0.3, 0.4) is 0 Å². The number of hydrogen-bond acceptors (Lipinski definition) is 29. The number of nitrogens with two attached hydrogens (primary N) is 4. The second kappa shape index (κ2) is 63.5. The van der Waals surface area contributed by atoms with Crippen LogP contribution in [-0.4, -0.2) is 332 Å². The normalized spacial score (nSPS) is 17.0. The largest absolute Gasteiger partial charge is 0.481 e. The summed E-state index contributed by atoms with van der Waals surface area (Å²) < 4.78 is 0. The fourth-order valence-electron chi connectivity index (χ4n) is 14.5. The average Bonchev–Trinajstić information content (AvgIpc) is 1.70. The number of carbonyl (C=O) groups is 24. The molecule has 0 saturated carbocycles. The number of nitrogens with zero attached hydrogens (tertiary/aromatic N) is 1. The van der Waals surface area contributed by atoms with Gasteiger partial charge in [0, 0.05) is 25.8 Å². The van der Waals surface area contributed by atoms with E-state index in [9.17, 15) is 146 Å². The van der Waals surface area contributed by atoms with Crippen molar-refractivity contribution in [2.45, 2.75) is 332 Å². The van der Waals surface area contributed by atoms with E-state index in [1.54, 1.807) is 41.5 Å². The van der Waals surface area contributed by atoms with Crippen LogP contribution >= 0.6 is 0 Å². The van der Waals surface area contributed by atoms with E-state index in [2.05, 4.69) is 95.7 Å². The summed E-state index contributed by atoms with van der Waals surface area (Å²) in [4.78, 5) is 322. The Kier molecular flexibility index (Phi) is 55.8. The van der Waals surface area contributed by atoms with Gasteiger partial charge in [-0.05, 0) is 187 Å². The number of unbranched alkanes of at least 4 members (excludes halogenated alkanes) is 3. The van der Waals surface area contributed by atoms with Gasteiger partial charge in [-0.15, -0.1) is 0 Å². The van der Waals surface area contributed by atoms with Gasteiger partial charge in [0.2, 0.25) is 112 Å². The molecule has 0 aliphatic carbocycles. The van der Waals surface area contributed by atoms with Crippen LogP contribution in [0, 0.1) is 17.8 Å². The van der Waals surface area contributed by atoms with Crippen LogP contribution < -0.4 is 119 Å². The summed E-state index contributed by atoms with van der Waals surface area (Å²) in [5.74, 6) is -28.2. The molecule has 19 amide bonds. The first kappa shape index (κ1) is 122. The van der Waals surface area contributed by atoms with E-state index < -0.39 is 321 Å². The van der Waals surface area contributed by atoms with Crippen molar-refractivity contribution in [1.29, 1.82) is 0 Å². The molecule has 32 N–H and O–H groups in total. The Morgan fingerprint density at radius 1 is 0.360 bits per heavy atom. The Labute approximate surface area is 803 Å². The fourth-order valence-corrected chi connectivity index (χ4v) is 14.5. The van der Waals surface area contributed by atoms with Crippen LogP contribution in [0.25, 0.3) is 0 Å². The fraction of sp³-hybridized carbons (Fsp3) is 0.721. The maximum Gasteiger partial charge on any atom is 0.326 e. The minimum absolute atomic E-state index is 0.0538.